The number of hydrogen-bond donors (Lipinski definition) is 2. The molecule has 0 saturated heterocycles. The smallest absolute Gasteiger partial charge is 0.319 e. The van der Waals surface area contributed by atoms with Crippen molar-refractivity contribution in [1.29, 1.82) is 0 Å². The molecule has 0 bridgehead atoms. The second-order valence-electron chi connectivity index (χ2n) is 5.29. The number of nitrogens with one attached hydrogen (secondary N) is 2. The van der Waals surface area contributed by atoms with E-state index < -0.39 is 0 Å². The number of fused-ring (bicyclic) bond motifs is 1. The van der Waals surface area contributed by atoms with Gasteiger partial charge in [-0.3, -0.25) is 0 Å². The highest BCUT2D eigenvalue weighted by Crippen LogP contribution is 2.23. The van der Waals surface area contributed by atoms with Gasteiger partial charge in [0.1, 0.15) is 0 Å². The van der Waals surface area contributed by atoms with E-state index in [1.807, 2.05) is 30.3 Å². The number of carbonyl (C=O) groups excluding carboxylic acids is 1. The van der Waals surface area contributed by atoms with Gasteiger partial charge in [-0.2, -0.15) is 0 Å². The summed E-state index contributed by atoms with van der Waals surface area (Å²) in [5.41, 5.74) is 0.829. The summed E-state index contributed by atoms with van der Waals surface area (Å²) in [6.07, 6.45) is 4.63. The molecule has 2 aromatic carbocycles. The van der Waals surface area contributed by atoms with Gasteiger partial charge in [-0.05, 0) is 47.9 Å². The first kappa shape index (κ1) is 13.4. The second kappa shape index (κ2) is 5.83. The maximum Gasteiger partial charge on any atom is 0.319 e. The Bertz CT molecular complexity index is 635. The average molecular weight is 333 g/mol. The van der Waals surface area contributed by atoms with Crippen LogP contribution in [0.5, 0.6) is 0 Å². The molecule has 0 spiro atoms. The molecule has 0 aliphatic heterocycles. The lowest BCUT2D eigenvalue weighted by Gasteiger charge is -2.13. The molecule has 3 nitrogen and oxygen atoms in total. The molecule has 3 rings (SSSR count). The molecule has 1 saturated carbocycles. The quantitative estimate of drug-likeness (QED) is 0.824. The zero-order valence-corrected chi connectivity index (χ0v) is 12.7. The first-order valence-electron chi connectivity index (χ1n) is 6.97. The van der Waals surface area contributed by atoms with E-state index in [1.54, 1.807) is 0 Å². The van der Waals surface area contributed by atoms with Crippen LogP contribution in [0, 0.1) is 0 Å². The van der Waals surface area contributed by atoms with E-state index in [9.17, 15) is 4.79 Å². The van der Waals surface area contributed by atoms with Crippen LogP contribution in [0.4, 0.5) is 10.5 Å². The number of anilines is 1. The molecule has 1 aliphatic carbocycles. The molecule has 104 valence electrons. The van der Waals surface area contributed by atoms with Crippen molar-refractivity contribution in [3.63, 3.8) is 0 Å². The van der Waals surface area contributed by atoms with Crippen LogP contribution in [0.1, 0.15) is 25.7 Å². The fraction of sp³-hybridized carbons (Fsp3) is 0.312. The van der Waals surface area contributed by atoms with E-state index >= 15 is 0 Å². The Morgan fingerprint density at radius 2 is 1.75 bits per heavy atom. The maximum atomic E-state index is 11.9. The summed E-state index contributed by atoms with van der Waals surface area (Å²) in [6.45, 7) is 0. The molecule has 0 heterocycles. The summed E-state index contributed by atoms with van der Waals surface area (Å²) in [5.74, 6) is 0. The Balaban J connectivity index is 1.70. The van der Waals surface area contributed by atoms with Crippen LogP contribution in [-0.2, 0) is 0 Å². The van der Waals surface area contributed by atoms with Crippen molar-refractivity contribution in [2.45, 2.75) is 31.7 Å². The van der Waals surface area contributed by atoms with E-state index in [2.05, 4.69) is 32.6 Å². The highest BCUT2D eigenvalue weighted by Gasteiger charge is 2.16. The minimum atomic E-state index is -0.103. The van der Waals surface area contributed by atoms with Gasteiger partial charge in [-0.1, -0.05) is 40.9 Å². The Morgan fingerprint density at radius 3 is 2.55 bits per heavy atom. The summed E-state index contributed by atoms with van der Waals surface area (Å²) in [4.78, 5) is 11.9. The lowest BCUT2D eigenvalue weighted by Crippen LogP contribution is -2.36. The number of hydrogen-bond acceptors (Lipinski definition) is 1. The van der Waals surface area contributed by atoms with E-state index in [4.69, 9.17) is 0 Å². The van der Waals surface area contributed by atoms with Gasteiger partial charge in [0.15, 0.2) is 0 Å². The summed E-state index contributed by atoms with van der Waals surface area (Å²) in [7, 11) is 0. The van der Waals surface area contributed by atoms with Crippen molar-refractivity contribution < 1.29 is 4.79 Å². The number of carbonyl (C=O) groups is 1. The number of rotatable bonds is 2. The minimum Gasteiger partial charge on any atom is -0.335 e. The summed E-state index contributed by atoms with van der Waals surface area (Å²) >= 11 is 3.46. The molecule has 0 unspecified atom stereocenters. The van der Waals surface area contributed by atoms with Crippen LogP contribution in [-0.4, -0.2) is 12.1 Å². The average Bonchev–Trinajstić information content (AvgIpc) is 2.91. The largest absolute Gasteiger partial charge is 0.335 e. The molecule has 0 radical (unpaired) electrons. The molecule has 20 heavy (non-hydrogen) atoms. The predicted octanol–water partition coefficient (Wildman–Crippen LogP) is 4.67. The third kappa shape index (κ3) is 3.12. The lowest BCUT2D eigenvalue weighted by molar-refractivity contribution is 0.248. The highest BCUT2D eigenvalue weighted by molar-refractivity contribution is 9.10. The molecule has 2 amide bonds. The first-order valence-corrected chi connectivity index (χ1v) is 7.77. The van der Waals surface area contributed by atoms with Crippen molar-refractivity contribution in [2.75, 3.05) is 5.32 Å². The van der Waals surface area contributed by atoms with Crippen LogP contribution < -0.4 is 10.6 Å². The lowest BCUT2D eigenvalue weighted by atomic mass is 10.1. The molecule has 2 aromatic rings. The van der Waals surface area contributed by atoms with Crippen LogP contribution in [0.2, 0.25) is 0 Å². The van der Waals surface area contributed by atoms with Crippen molar-refractivity contribution in [1.82, 2.24) is 5.32 Å². The maximum absolute atomic E-state index is 11.9. The van der Waals surface area contributed by atoms with Crippen LogP contribution >= 0.6 is 15.9 Å². The minimum absolute atomic E-state index is 0.103. The molecule has 2 N–H and O–H groups in total. The van der Waals surface area contributed by atoms with Gasteiger partial charge in [-0.15, -0.1) is 0 Å². The molecule has 1 aliphatic rings. The Kier molecular flexibility index (Phi) is 3.92. The van der Waals surface area contributed by atoms with Gasteiger partial charge < -0.3 is 10.6 Å². The molecular formula is C16H17BrN2O. The SMILES string of the molecule is O=C(Nc1ccc2cc(Br)ccc2c1)NC1CCCC1. The van der Waals surface area contributed by atoms with Gasteiger partial charge in [0.2, 0.25) is 0 Å². The zero-order chi connectivity index (χ0) is 13.9. The van der Waals surface area contributed by atoms with Crippen LogP contribution in [0.3, 0.4) is 0 Å². The van der Waals surface area contributed by atoms with Crippen LogP contribution in [0.15, 0.2) is 40.9 Å². The molecule has 1 fully saturated rings. The van der Waals surface area contributed by atoms with Gasteiger partial charge in [-0.25, -0.2) is 4.79 Å². The summed E-state index contributed by atoms with van der Waals surface area (Å²) < 4.78 is 1.06. The van der Waals surface area contributed by atoms with Gasteiger partial charge in [0, 0.05) is 16.2 Å². The van der Waals surface area contributed by atoms with E-state index in [-0.39, 0.29) is 6.03 Å². The monoisotopic (exact) mass is 332 g/mol. The fourth-order valence-electron chi connectivity index (χ4n) is 2.72. The van der Waals surface area contributed by atoms with E-state index in [0.717, 1.165) is 33.8 Å². The molecule has 0 aromatic heterocycles. The number of urea groups is 1. The van der Waals surface area contributed by atoms with Crippen molar-refractivity contribution in [3.8, 4) is 0 Å². The first-order chi connectivity index (χ1) is 9.70. The van der Waals surface area contributed by atoms with E-state index in [1.165, 1.54) is 12.8 Å². The Morgan fingerprint density at radius 1 is 1.05 bits per heavy atom. The second-order valence-corrected chi connectivity index (χ2v) is 6.20. The zero-order valence-electron chi connectivity index (χ0n) is 11.2. The third-order valence-electron chi connectivity index (χ3n) is 3.75. The normalized spacial score (nSPS) is 15.4. The third-order valence-corrected chi connectivity index (χ3v) is 4.24. The highest BCUT2D eigenvalue weighted by atomic mass is 79.9. The molecular weight excluding hydrogens is 316 g/mol. The van der Waals surface area contributed by atoms with Crippen molar-refractivity contribution in [2.24, 2.45) is 0 Å². The molecule has 4 heteroatoms. The predicted molar refractivity (Wildman–Crippen MR) is 86.1 cm³/mol. The van der Waals surface area contributed by atoms with E-state index in [0.29, 0.717) is 6.04 Å². The Labute approximate surface area is 126 Å². The van der Waals surface area contributed by atoms with Gasteiger partial charge in [0.25, 0.3) is 0 Å². The van der Waals surface area contributed by atoms with Crippen LogP contribution in [0.25, 0.3) is 10.8 Å². The van der Waals surface area contributed by atoms with Gasteiger partial charge >= 0.3 is 6.03 Å². The topological polar surface area (TPSA) is 41.1 Å². The standard InChI is InChI=1S/C16H17BrN2O/c17-13-7-5-12-10-15(8-6-11(12)9-13)19-16(20)18-14-3-1-2-4-14/h5-10,14H,1-4H2,(H2,18,19,20). The fourth-order valence-corrected chi connectivity index (χ4v) is 3.10. The molecule has 0 atom stereocenters. The van der Waals surface area contributed by atoms with Crippen molar-refractivity contribution >= 4 is 38.4 Å². The number of halogens is 1. The number of benzene rings is 2. The Hall–Kier alpha value is -1.55. The summed E-state index contributed by atoms with van der Waals surface area (Å²) in [5, 5.41) is 8.21. The van der Waals surface area contributed by atoms with Gasteiger partial charge in [0.05, 0.1) is 0 Å². The number of amides is 2. The summed E-state index contributed by atoms with van der Waals surface area (Å²) in [6, 6.07) is 12.3. The van der Waals surface area contributed by atoms with Crippen molar-refractivity contribution in [3.05, 3.63) is 40.9 Å².